The number of nitrogens with two attached hydrogens (primary N) is 1. The Hall–Kier alpha value is -2.33. The molecule has 2 fully saturated rings. The molecule has 3 N–H and O–H groups in total. The average molecular weight is 488 g/mol. The molecule has 2 saturated carbocycles. The van der Waals surface area contributed by atoms with Gasteiger partial charge in [-0.3, -0.25) is 0 Å². The third-order valence-corrected chi connectivity index (χ3v) is 9.24. The highest BCUT2D eigenvalue weighted by molar-refractivity contribution is 5.85. The van der Waals surface area contributed by atoms with Crippen LogP contribution < -0.4 is 5.73 Å². The zero-order valence-electron chi connectivity index (χ0n) is 22.4. The van der Waals surface area contributed by atoms with Gasteiger partial charge in [-0.2, -0.15) is 0 Å². The minimum Gasteiger partial charge on any atom is -0.398 e. The van der Waals surface area contributed by atoms with E-state index in [2.05, 4.69) is 55.1 Å². The van der Waals surface area contributed by atoms with Crippen LogP contribution in [0.3, 0.4) is 0 Å². The Balaban J connectivity index is 1.58. The molecule has 0 aliphatic heterocycles. The number of nitrogens with zero attached hydrogens (tertiary/aromatic N) is 2. The second-order valence-corrected chi connectivity index (χ2v) is 11.5. The van der Waals surface area contributed by atoms with Crippen molar-refractivity contribution >= 4 is 16.7 Å². The first-order chi connectivity index (χ1) is 17.6. The number of hydrogen-bond acceptors (Lipinski definition) is 3. The van der Waals surface area contributed by atoms with Gasteiger partial charge in [0.2, 0.25) is 0 Å². The molecule has 4 nitrogen and oxygen atoms in total. The van der Waals surface area contributed by atoms with Crippen molar-refractivity contribution in [2.75, 3.05) is 12.3 Å². The number of nitrogen functional groups attached to an aromatic ring is 1. The molecule has 1 heterocycles. The van der Waals surface area contributed by atoms with Crippen molar-refractivity contribution in [2.45, 2.75) is 109 Å². The summed E-state index contributed by atoms with van der Waals surface area (Å²) < 4.78 is 2.42. The molecule has 2 atom stereocenters. The van der Waals surface area contributed by atoms with Crippen LogP contribution in [0.5, 0.6) is 0 Å². The van der Waals surface area contributed by atoms with Gasteiger partial charge in [-0.1, -0.05) is 58.1 Å². The number of anilines is 1. The lowest BCUT2D eigenvalue weighted by Crippen LogP contribution is -2.11. The SMILES string of the molecule is CCC(CC)c1c(N)cc(C2CCCCC(CO)C2)cc1-c1ccc2c(c1)ncn2C1CCCCC1. The highest BCUT2D eigenvalue weighted by Gasteiger charge is 2.25. The monoisotopic (exact) mass is 487 g/mol. The lowest BCUT2D eigenvalue weighted by molar-refractivity contribution is 0.208. The van der Waals surface area contributed by atoms with Gasteiger partial charge >= 0.3 is 0 Å². The molecule has 2 aliphatic carbocycles. The van der Waals surface area contributed by atoms with E-state index in [0.717, 1.165) is 36.9 Å². The summed E-state index contributed by atoms with van der Waals surface area (Å²) in [5.74, 6) is 1.32. The van der Waals surface area contributed by atoms with Crippen molar-refractivity contribution in [3.8, 4) is 11.1 Å². The normalized spacial score (nSPS) is 21.8. The fraction of sp³-hybridized carbons (Fsp3) is 0.594. The largest absolute Gasteiger partial charge is 0.398 e. The standard InChI is InChI=1S/C32H45N3O/c1-3-23(4-2)32-28(17-26(18-29(32)33)24-11-9-8-10-22(16-24)20-36)25-14-15-31-30(19-25)34-21-35(31)27-12-6-5-7-13-27/h14-15,17-19,21-24,27,36H,3-13,16,20,33H2,1-2H3. The third-order valence-electron chi connectivity index (χ3n) is 9.24. The summed E-state index contributed by atoms with van der Waals surface area (Å²) in [5.41, 5.74) is 15.3. The zero-order chi connectivity index (χ0) is 25.1. The lowest BCUT2D eigenvalue weighted by Gasteiger charge is -2.25. The fourth-order valence-electron chi connectivity index (χ4n) is 7.11. The maximum Gasteiger partial charge on any atom is 0.0960 e. The molecule has 5 rings (SSSR count). The van der Waals surface area contributed by atoms with Gasteiger partial charge in [-0.05, 0) is 103 Å². The molecule has 36 heavy (non-hydrogen) atoms. The van der Waals surface area contributed by atoms with Crippen LogP contribution in [-0.2, 0) is 0 Å². The first-order valence-corrected chi connectivity index (χ1v) is 14.6. The Morgan fingerprint density at radius 2 is 1.72 bits per heavy atom. The van der Waals surface area contributed by atoms with Gasteiger partial charge in [0.15, 0.2) is 0 Å². The molecule has 4 heteroatoms. The first kappa shape index (κ1) is 25.3. The molecular formula is C32H45N3O. The van der Waals surface area contributed by atoms with E-state index in [9.17, 15) is 5.11 Å². The predicted octanol–water partition coefficient (Wildman–Crippen LogP) is 8.35. The summed E-state index contributed by atoms with van der Waals surface area (Å²) in [6, 6.07) is 12.2. The van der Waals surface area contributed by atoms with E-state index in [-0.39, 0.29) is 0 Å². The molecule has 0 bridgehead atoms. The van der Waals surface area contributed by atoms with E-state index >= 15 is 0 Å². The fourth-order valence-corrected chi connectivity index (χ4v) is 7.11. The summed E-state index contributed by atoms with van der Waals surface area (Å²) in [7, 11) is 0. The highest BCUT2D eigenvalue weighted by Crippen LogP contribution is 2.43. The Bertz CT molecular complexity index is 1160. The third kappa shape index (κ3) is 5.07. The minimum absolute atomic E-state index is 0.297. The van der Waals surface area contributed by atoms with Crippen LogP contribution in [0, 0.1) is 5.92 Å². The van der Waals surface area contributed by atoms with Crippen LogP contribution in [0.25, 0.3) is 22.2 Å². The molecule has 0 saturated heterocycles. The molecule has 2 aliphatic rings. The number of aromatic nitrogens is 2. The topological polar surface area (TPSA) is 64.1 Å². The quantitative estimate of drug-likeness (QED) is 0.260. The van der Waals surface area contributed by atoms with Crippen molar-refractivity contribution in [3.63, 3.8) is 0 Å². The lowest BCUT2D eigenvalue weighted by atomic mass is 9.81. The number of hydrogen-bond donors (Lipinski definition) is 2. The van der Waals surface area contributed by atoms with Crippen molar-refractivity contribution < 1.29 is 5.11 Å². The van der Waals surface area contributed by atoms with Crippen molar-refractivity contribution in [2.24, 2.45) is 5.92 Å². The van der Waals surface area contributed by atoms with Gasteiger partial charge in [0.05, 0.1) is 17.4 Å². The number of rotatable bonds is 7. The van der Waals surface area contributed by atoms with Gasteiger partial charge in [0.1, 0.15) is 0 Å². The Morgan fingerprint density at radius 3 is 2.47 bits per heavy atom. The van der Waals surface area contributed by atoms with Crippen LogP contribution in [0.1, 0.15) is 120 Å². The molecule has 0 spiro atoms. The highest BCUT2D eigenvalue weighted by atomic mass is 16.3. The van der Waals surface area contributed by atoms with Crippen molar-refractivity contribution in [1.82, 2.24) is 9.55 Å². The zero-order valence-corrected chi connectivity index (χ0v) is 22.4. The second-order valence-electron chi connectivity index (χ2n) is 11.5. The molecular weight excluding hydrogens is 442 g/mol. The first-order valence-electron chi connectivity index (χ1n) is 14.6. The van der Waals surface area contributed by atoms with Crippen molar-refractivity contribution in [1.29, 1.82) is 0 Å². The predicted molar refractivity (Wildman–Crippen MR) is 151 cm³/mol. The summed E-state index contributed by atoms with van der Waals surface area (Å²) in [4.78, 5) is 4.87. The van der Waals surface area contributed by atoms with E-state index in [1.54, 1.807) is 0 Å². The van der Waals surface area contributed by atoms with Gasteiger partial charge in [0, 0.05) is 18.3 Å². The molecule has 3 aromatic rings. The minimum atomic E-state index is 0.297. The van der Waals surface area contributed by atoms with Gasteiger partial charge in [0.25, 0.3) is 0 Å². The average Bonchev–Trinajstić information content (AvgIpc) is 3.18. The maximum absolute atomic E-state index is 9.91. The summed E-state index contributed by atoms with van der Waals surface area (Å²) >= 11 is 0. The van der Waals surface area contributed by atoms with Crippen LogP contribution in [0.2, 0.25) is 0 Å². The molecule has 1 aromatic heterocycles. The molecule has 2 aromatic carbocycles. The number of aliphatic hydroxyl groups excluding tert-OH is 1. The molecule has 2 unspecified atom stereocenters. The van der Waals surface area contributed by atoms with Crippen molar-refractivity contribution in [3.05, 3.63) is 47.8 Å². The van der Waals surface area contributed by atoms with Crippen LogP contribution in [0.15, 0.2) is 36.7 Å². The number of aliphatic hydroxyl groups is 1. The second kappa shape index (κ2) is 11.4. The maximum atomic E-state index is 9.91. The Kier molecular flexibility index (Phi) is 8.00. The Labute approximate surface area is 217 Å². The Morgan fingerprint density at radius 1 is 0.972 bits per heavy atom. The van der Waals surface area contributed by atoms with Gasteiger partial charge < -0.3 is 15.4 Å². The van der Waals surface area contributed by atoms with Crippen LogP contribution >= 0.6 is 0 Å². The smallest absolute Gasteiger partial charge is 0.0960 e. The van der Waals surface area contributed by atoms with Gasteiger partial charge in [-0.25, -0.2) is 4.98 Å². The summed E-state index contributed by atoms with van der Waals surface area (Å²) in [6.45, 7) is 4.85. The molecule has 0 amide bonds. The molecule has 194 valence electrons. The van der Waals surface area contributed by atoms with E-state index in [4.69, 9.17) is 10.7 Å². The van der Waals surface area contributed by atoms with E-state index in [1.807, 2.05) is 0 Å². The van der Waals surface area contributed by atoms with Crippen LogP contribution in [-0.4, -0.2) is 21.3 Å². The van der Waals surface area contributed by atoms with E-state index in [0.29, 0.717) is 30.4 Å². The van der Waals surface area contributed by atoms with Crippen LogP contribution in [0.4, 0.5) is 5.69 Å². The summed E-state index contributed by atoms with van der Waals surface area (Å²) in [6.07, 6.45) is 16.6. The summed E-state index contributed by atoms with van der Waals surface area (Å²) in [5, 5.41) is 9.91. The van der Waals surface area contributed by atoms with Gasteiger partial charge in [-0.15, -0.1) is 0 Å². The number of fused-ring (bicyclic) bond motifs is 1. The number of benzene rings is 2. The van der Waals surface area contributed by atoms with E-state index in [1.165, 1.54) is 79.1 Å². The molecule has 0 radical (unpaired) electrons. The number of imidazole rings is 1. The van der Waals surface area contributed by atoms with E-state index < -0.39 is 0 Å².